The topological polar surface area (TPSA) is 3.24 Å². The third-order valence-electron chi connectivity index (χ3n) is 9.67. The summed E-state index contributed by atoms with van der Waals surface area (Å²) < 4.78 is 0. The SMILES string of the molecule is CC1C=CC2=C(C1)N(c1ccc3ccccc3c1)C1C=CC([Si](c3ccccc3)(c3ccccc3)c3ccccc3)=CC21. The van der Waals surface area contributed by atoms with E-state index >= 15 is 0 Å². The predicted molar refractivity (Wildman–Crippen MR) is 185 cm³/mol. The first-order chi connectivity index (χ1) is 21.2. The van der Waals surface area contributed by atoms with Crippen LogP contribution in [0.4, 0.5) is 5.69 Å². The molecule has 3 unspecified atom stereocenters. The normalized spacial score (nSPS) is 21.1. The van der Waals surface area contributed by atoms with Crippen LogP contribution in [0.2, 0.25) is 0 Å². The molecule has 8 rings (SSSR count). The van der Waals surface area contributed by atoms with Crippen LogP contribution in [0.5, 0.6) is 0 Å². The number of rotatable bonds is 5. The summed E-state index contributed by atoms with van der Waals surface area (Å²) in [5.41, 5.74) is 4.25. The van der Waals surface area contributed by atoms with E-state index in [2.05, 4.69) is 176 Å². The van der Waals surface area contributed by atoms with Crippen LogP contribution in [-0.4, -0.2) is 14.1 Å². The maximum Gasteiger partial charge on any atom is 0.179 e. The van der Waals surface area contributed by atoms with E-state index in [0.29, 0.717) is 11.8 Å². The Morgan fingerprint density at radius 3 is 1.81 bits per heavy atom. The fourth-order valence-electron chi connectivity index (χ4n) is 7.73. The molecule has 0 aromatic heterocycles. The van der Waals surface area contributed by atoms with Gasteiger partial charge in [-0.15, -0.1) is 0 Å². The van der Waals surface area contributed by atoms with E-state index in [-0.39, 0.29) is 6.04 Å². The van der Waals surface area contributed by atoms with Gasteiger partial charge in [-0.1, -0.05) is 159 Å². The summed E-state index contributed by atoms with van der Waals surface area (Å²) in [6.45, 7) is 2.34. The van der Waals surface area contributed by atoms with Crippen LogP contribution in [0.15, 0.2) is 180 Å². The highest BCUT2D eigenvalue weighted by molar-refractivity contribution is 7.16. The molecule has 5 aromatic carbocycles. The first-order valence-corrected chi connectivity index (χ1v) is 17.5. The van der Waals surface area contributed by atoms with Crippen LogP contribution in [0.25, 0.3) is 10.8 Å². The average molecular weight is 570 g/mol. The molecular weight excluding hydrogens is 535 g/mol. The lowest BCUT2D eigenvalue weighted by Gasteiger charge is -2.39. The van der Waals surface area contributed by atoms with Gasteiger partial charge in [0.15, 0.2) is 8.07 Å². The maximum absolute atomic E-state index is 2.65. The van der Waals surface area contributed by atoms with Gasteiger partial charge < -0.3 is 4.90 Å². The monoisotopic (exact) mass is 569 g/mol. The number of nitrogens with zero attached hydrogens (tertiary/aromatic N) is 1. The Morgan fingerprint density at radius 1 is 0.605 bits per heavy atom. The zero-order valence-electron chi connectivity index (χ0n) is 24.5. The van der Waals surface area contributed by atoms with E-state index in [1.54, 1.807) is 0 Å². The van der Waals surface area contributed by atoms with Crippen molar-refractivity contribution >= 4 is 40.1 Å². The summed E-state index contributed by atoms with van der Waals surface area (Å²) in [5.74, 6) is 0.828. The Kier molecular flexibility index (Phi) is 6.38. The standard InChI is InChI=1S/C41H35NSi/c1-30-21-25-38-39-29-37(24-26-40(39)42(41(38)27-30)33-23-22-31-13-11-12-14-32(31)28-33)43(34-15-5-2-6-16-34,35-17-7-3-8-18-35)36-19-9-4-10-20-36/h2-26,28-30,39-40H,27H2,1H3. The third-order valence-corrected chi connectivity index (χ3v) is 14.5. The minimum absolute atomic E-state index is 0.263. The summed E-state index contributed by atoms with van der Waals surface area (Å²) in [5, 5.41) is 8.33. The largest absolute Gasteiger partial charge is 0.337 e. The molecule has 43 heavy (non-hydrogen) atoms. The lowest BCUT2D eigenvalue weighted by molar-refractivity contribution is 0.663. The molecule has 208 valence electrons. The van der Waals surface area contributed by atoms with E-state index in [9.17, 15) is 0 Å². The van der Waals surface area contributed by atoms with E-state index < -0.39 is 8.07 Å². The lowest BCUT2D eigenvalue weighted by atomic mass is 9.86. The van der Waals surface area contributed by atoms with Crippen molar-refractivity contribution in [3.63, 3.8) is 0 Å². The third kappa shape index (κ3) is 4.20. The highest BCUT2D eigenvalue weighted by atomic mass is 28.3. The molecule has 0 spiro atoms. The quantitative estimate of drug-likeness (QED) is 0.155. The molecule has 1 aliphatic heterocycles. The van der Waals surface area contributed by atoms with Crippen LogP contribution in [0.1, 0.15) is 13.3 Å². The molecule has 0 radical (unpaired) electrons. The molecule has 0 saturated heterocycles. The fraction of sp³-hybridized carbons (Fsp3) is 0.122. The summed E-state index contributed by atoms with van der Waals surface area (Å²) in [6, 6.07) is 49.8. The van der Waals surface area contributed by atoms with Crippen LogP contribution in [-0.2, 0) is 0 Å². The van der Waals surface area contributed by atoms with E-state index in [4.69, 9.17) is 0 Å². The number of anilines is 1. The molecule has 0 amide bonds. The van der Waals surface area contributed by atoms with Gasteiger partial charge in [-0.2, -0.15) is 0 Å². The fourth-order valence-corrected chi connectivity index (χ4v) is 12.6. The van der Waals surface area contributed by atoms with Crippen molar-refractivity contribution in [1.82, 2.24) is 0 Å². The smallest absolute Gasteiger partial charge is 0.179 e. The van der Waals surface area contributed by atoms with E-state index in [1.165, 1.54) is 48.5 Å². The number of allylic oxidation sites excluding steroid dienone is 5. The average Bonchev–Trinajstić information content (AvgIpc) is 3.39. The Bertz CT molecular complexity index is 1820. The highest BCUT2D eigenvalue weighted by Crippen LogP contribution is 2.47. The number of hydrogen-bond acceptors (Lipinski definition) is 1. The molecule has 1 heterocycles. The number of benzene rings is 5. The maximum atomic E-state index is 2.65. The van der Waals surface area contributed by atoms with E-state index in [0.717, 1.165) is 6.42 Å². The van der Waals surface area contributed by atoms with Gasteiger partial charge in [-0.25, -0.2) is 0 Å². The molecule has 2 heteroatoms. The summed E-state index contributed by atoms with van der Waals surface area (Å²) >= 11 is 0. The Labute approximate surface area is 255 Å². The Hall–Kier alpha value is -4.66. The molecule has 1 nitrogen and oxygen atoms in total. The van der Waals surface area contributed by atoms with Crippen molar-refractivity contribution in [2.24, 2.45) is 11.8 Å². The first-order valence-electron chi connectivity index (χ1n) is 15.5. The molecule has 0 N–H and O–H groups in total. The molecule has 3 aliphatic rings. The second-order valence-electron chi connectivity index (χ2n) is 12.2. The lowest BCUT2D eigenvalue weighted by Crippen LogP contribution is -2.68. The minimum Gasteiger partial charge on any atom is -0.337 e. The predicted octanol–water partition coefficient (Wildman–Crippen LogP) is 7.70. The van der Waals surface area contributed by atoms with Crippen LogP contribution in [0.3, 0.4) is 0 Å². The molecular formula is C41H35NSi. The first kappa shape index (κ1) is 26.0. The van der Waals surface area contributed by atoms with Crippen LogP contribution < -0.4 is 20.5 Å². The van der Waals surface area contributed by atoms with Crippen molar-refractivity contribution in [1.29, 1.82) is 0 Å². The van der Waals surface area contributed by atoms with Crippen LogP contribution >= 0.6 is 0 Å². The van der Waals surface area contributed by atoms with Crippen molar-refractivity contribution < 1.29 is 0 Å². The number of hydrogen-bond donors (Lipinski definition) is 0. The van der Waals surface area contributed by atoms with Gasteiger partial charge in [-0.05, 0) is 61.6 Å². The van der Waals surface area contributed by atoms with Crippen molar-refractivity contribution in [2.45, 2.75) is 19.4 Å². The second kappa shape index (κ2) is 10.6. The van der Waals surface area contributed by atoms with Crippen molar-refractivity contribution in [2.75, 3.05) is 4.90 Å². The zero-order valence-corrected chi connectivity index (χ0v) is 25.5. The van der Waals surface area contributed by atoms with Gasteiger partial charge in [0.05, 0.1) is 6.04 Å². The van der Waals surface area contributed by atoms with Gasteiger partial charge in [0.1, 0.15) is 0 Å². The Balaban J connectivity index is 1.33. The molecule has 3 atom stereocenters. The highest BCUT2D eigenvalue weighted by Gasteiger charge is 2.47. The van der Waals surface area contributed by atoms with Gasteiger partial charge in [0.25, 0.3) is 0 Å². The second-order valence-corrected chi connectivity index (χ2v) is 16.0. The Morgan fingerprint density at radius 2 is 1.19 bits per heavy atom. The van der Waals surface area contributed by atoms with Crippen molar-refractivity contribution in [3.05, 3.63) is 180 Å². The molecule has 5 aromatic rings. The van der Waals surface area contributed by atoms with Crippen molar-refractivity contribution in [3.8, 4) is 0 Å². The van der Waals surface area contributed by atoms with Gasteiger partial charge in [0.2, 0.25) is 0 Å². The zero-order chi connectivity index (χ0) is 28.8. The molecule has 0 saturated carbocycles. The van der Waals surface area contributed by atoms with Gasteiger partial charge in [-0.3, -0.25) is 0 Å². The molecule has 0 bridgehead atoms. The number of fused-ring (bicyclic) bond motifs is 3. The molecule has 0 fully saturated rings. The minimum atomic E-state index is -2.58. The van der Waals surface area contributed by atoms with Crippen LogP contribution in [0, 0.1) is 11.8 Å². The van der Waals surface area contributed by atoms with Gasteiger partial charge in [0, 0.05) is 17.3 Å². The van der Waals surface area contributed by atoms with Gasteiger partial charge >= 0.3 is 0 Å². The summed E-state index contributed by atoms with van der Waals surface area (Å²) in [6.07, 6.45) is 13.6. The summed E-state index contributed by atoms with van der Waals surface area (Å²) in [4.78, 5) is 2.65. The molecule has 2 aliphatic carbocycles. The summed E-state index contributed by atoms with van der Waals surface area (Å²) in [7, 11) is -2.58. The van der Waals surface area contributed by atoms with E-state index in [1.807, 2.05) is 0 Å².